The van der Waals surface area contributed by atoms with Gasteiger partial charge in [-0.15, -0.1) is 0 Å². The summed E-state index contributed by atoms with van der Waals surface area (Å²) in [6, 6.07) is 0. The molecule has 2 N–H and O–H groups in total. The normalized spacial score (nSPS) is 21.9. The van der Waals surface area contributed by atoms with Crippen molar-refractivity contribution in [2.75, 3.05) is 18.4 Å². The highest BCUT2D eigenvalue weighted by atomic mass is 32.1. The molecule has 1 atom stereocenters. The zero-order valence-corrected chi connectivity index (χ0v) is 8.38. The van der Waals surface area contributed by atoms with Crippen LogP contribution < -0.4 is 10.6 Å². The summed E-state index contributed by atoms with van der Waals surface area (Å²) in [6.07, 6.45) is 1.98. The van der Waals surface area contributed by atoms with E-state index in [-0.39, 0.29) is 11.8 Å². The first-order valence-electron chi connectivity index (χ1n) is 4.53. The second-order valence-electron chi connectivity index (χ2n) is 3.20. The van der Waals surface area contributed by atoms with Crippen LogP contribution in [0.2, 0.25) is 0 Å². The van der Waals surface area contributed by atoms with Gasteiger partial charge in [0.1, 0.15) is 0 Å². The minimum Gasteiger partial charge on any atom is -0.316 e. The maximum atomic E-state index is 11.6. The maximum absolute atomic E-state index is 11.6. The molecule has 0 bridgehead atoms. The lowest BCUT2D eigenvalue weighted by Crippen LogP contribution is -2.37. The van der Waals surface area contributed by atoms with Crippen LogP contribution in [0.5, 0.6) is 0 Å². The van der Waals surface area contributed by atoms with Gasteiger partial charge >= 0.3 is 0 Å². The number of anilines is 1. The molecule has 1 saturated heterocycles. The average molecular weight is 213 g/mol. The number of nitrogens with zero attached hydrogens (tertiary/aromatic N) is 3. The van der Waals surface area contributed by atoms with Crippen LogP contribution in [0.4, 0.5) is 5.13 Å². The van der Waals surface area contributed by atoms with E-state index in [1.54, 1.807) is 0 Å². The molecule has 1 aromatic heterocycles. The maximum Gasteiger partial charge on any atom is 0.231 e. The average Bonchev–Trinajstić information content (AvgIpc) is 2.72. The van der Waals surface area contributed by atoms with Crippen LogP contribution in [0.3, 0.4) is 0 Å². The van der Waals surface area contributed by atoms with Crippen LogP contribution in [0, 0.1) is 5.92 Å². The molecule has 1 aliphatic rings. The van der Waals surface area contributed by atoms with Crippen molar-refractivity contribution in [2.45, 2.75) is 12.8 Å². The molecular weight excluding hydrogens is 202 g/mol. The molecule has 1 aromatic rings. The summed E-state index contributed by atoms with van der Waals surface area (Å²) in [5.74, 6) is 0.0587. The highest BCUT2D eigenvalue weighted by Gasteiger charge is 2.21. The number of carbonyl (C=O) groups is 1. The SMILES string of the molecule is O=C(Nc1nnns1)[C@@H]1CCCNC1. The molecule has 2 rings (SSSR count). The summed E-state index contributed by atoms with van der Waals surface area (Å²) in [5.41, 5.74) is 0. The van der Waals surface area contributed by atoms with Crippen molar-refractivity contribution >= 4 is 22.6 Å². The zero-order valence-electron chi connectivity index (χ0n) is 7.56. The fraction of sp³-hybridized carbons (Fsp3) is 0.714. The minimum atomic E-state index is 0.00995. The van der Waals surface area contributed by atoms with E-state index in [0.717, 1.165) is 37.5 Å². The Hall–Kier alpha value is -1.08. The van der Waals surface area contributed by atoms with Gasteiger partial charge in [0, 0.05) is 18.1 Å². The van der Waals surface area contributed by atoms with Crippen molar-refractivity contribution in [2.24, 2.45) is 5.92 Å². The van der Waals surface area contributed by atoms with E-state index in [1.165, 1.54) is 0 Å². The van der Waals surface area contributed by atoms with E-state index in [2.05, 4.69) is 25.4 Å². The predicted molar refractivity (Wildman–Crippen MR) is 51.9 cm³/mol. The van der Waals surface area contributed by atoms with E-state index < -0.39 is 0 Å². The van der Waals surface area contributed by atoms with E-state index in [1.807, 2.05) is 0 Å². The molecule has 76 valence electrons. The fourth-order valence-corrected chi connectivity index (χ4v) is 1.83. The summed E-state index contributed by atoms with van der Waals surface area (Å²) in [4.78, 5) is 11.6. The van der Waals surface area contributed by atoms with Gasteiger partial charge in [0.15, 0.2) is 0 Å². The Morgan fingerprint density at radius 1 is 1.64 bits per heavy atom. The molecular formula is C7H11N5OS. The lowest BCUT2D eigenvalue weighted by molar-refractivity contribution is -0.120. The van der Waals surface area contributed by atoms with Gasteiger partial charge in [0.05, 0.1) is 5.92 Å². The van der Waals surface area contributed by atoms with Crippen molar-refractivity contribution < 1.29 is 4.79 Å². The Labute approximate surface area is 85.3 Å². The third kappa shape index (κ3) is 2.24. The number of amides is 1. The molecule has 1 fully saturated rings. The van der Waals surface area contributed by atoms with Gasteiger partial charge in [-0.25, -0.2) is 0 Å². The summed E-state index contributed by atoms with van der Waals surface area (Å²) >= 11 is 1.09. The molecule has 2 heterocycles. The van der Waals surface area contributed by atoms with Gasteiger partial charge in [-0.2, -0.15) is 0 Å². The summed E-state index contributed by atoms with van der Waals surface area (Å²) in [5, 5.41) is 13.4. The standard InChI is InChI=1S/C7H11N5OS/c13-6(5-2-1-3-8-4-5)9-7-10-11-12-14-7/h5,8H,1-4H2,(H,9,10,12,13)/t5-/m1/s1. The topological polar surface area (TPSA) is 79.8 Å². The van der Waals surface area contributed by atoms with Crippen molar-refractivity contribution in [3.63, 3.8) is 0 Å². The first kappa shape index (κ1) is 9.47. The second kappa shape index (κ2) is 4.43. The molecule has 14 heavy (non-hydrogen) atoms. The van der Waals surface area contributed by atoms with E-state index >= 15 is 0 Å². The summed E-state index contributed by atoms with van der Waals surface area (Å²) in [7, 11) is 0. The molecule has 6 nitrogen and oxygen atoms in total. The zero-order chi connectivity index (χ0) is 9.80. The molecule has 1 aliphatic heterocycles. The Balaban J connectivity index is 1.88. The fourth-order valence-electron chi connectivity index (χ4n) is 1.46. The van der Waals surface area contributed by atoms with Gasteiger partial charge in [-0.05, 0) is 24.6 Å². The number of piperidine rings is 1. The quantitative estimate of drug-likeness (QED) is 0.715. The first-order valence-corrected chi connectivity index (χ1v) is 5.30. The van der Waals surface area contributed by atoms with Gasteiger partial charge < -0.3 is 5.32 Å². The monoisotopic (exact) mass is 213 g/mol. The Kier molecular flexibility index (Phi) is 3.00. The summed E-state index contributed by atoms with van der Waals surface area (Å²) in [6.45, 7) is 1.75. The lowest BCUT2D eigenvalue weighted by atomic mass is 9.99. The van der Waals surface area contributed by atoms with Crippen LogP contribution in [0.1, 0.15) is 12.8 Å². The predicted octanol–water partition coefficient (Wildman–Crippen LogP) is -0.129. The Morgan fingerprint density at radius 3 is 3.21 bits per heavy atom. The Bertz CT molecular complexity index is 295. The number of hydrogen-bond donors (Lipinski definition) is 2. The van der Waals surface area contributed by atoms with Crippen molar-refractivity contribution in [1.82, 2.24) is 20.1 Å². The molecule has 7 heteroatoms. The van der Waals surface area contributed by atoms with Gasteiger partial charge in [-0.1, -0.05) is 9.59 Å². The van der Waals surface area contributed by atoms with E-state index in [4.69, 9.17) is 0 Å². The van der Waals surface area contributed by atoms with Crippen LogP contribution >= 0.6 is 11.5 Å². The molecule has 0 unspecified atom stereocenters. The van der Waals surface area contributed by atoms with Crippen molar-refractivity contribution in [3.05, 3.63) is 0 Å². The third-order valence-corrected chi connectivity index (χ3v) is 2.71. The minimum absolute atomic E-state index is 0.00995. The van der Waals surface area contributed by atoms with Gasteiger partial charge in [-0.3, -0.25) is 10.1 Å². The second-order valence-corrected chi connectivity index (χ2v) is 3.93. The molecule has 0 saturated carbocycles. The smallest absolute Gasteiger partial charge is 0.231 e. The first-order chi connectivity index (χ1) is 6.86. The van der Waals surface area contributed by atoms with Crippen molar-refractivity contribution in [3.8, 4) is 0 Å². The Morgan fingerprint density at radius 2 is 2.57 bits per heavy atom. The number of aromatic nitrogens is 3. The van der Waals surface area contributed by atoms with Crippen LogP contribution in [0.15, 0.2) is 0 Å². The number of rotatable bonds is 2. The third-order valence-electron chi connectivity index (χ3n) is 2.20. The van der Waals surface area contributed by atoms with E-state index in [0.29, 0.717) is 5.13 Å². The highest BCUT2D eigenvalue weighted by Crippen LogP contribution is 2.13. The summed E-state index contributed by atoms with van der Waals surface area (Å²) < 4.78 is 3.57. The molecule has 1 amide bonds. The number of nitrogens with one attached hydrogen (secondary N) is 2. The van der Waals surface area contributed by atoms with Gasteiger partial charge in [0.2, 0.25) is 11.0 Å². The molecule has 0 spiro atoms. The van der Waals surface area contributed by atoms with Crippen LogP contribution in [0.25, 0.3) is 0 Å². The number of carbonyl (C=O) groups excluding carboxylic acids is 1. The van der Waals surface area contributed by atoms with Gasteiger partial charge in [0.25, 0.3) is 0 Å². The lowest BCUT2D eigenvalue weighted by Gasteiger charge is -2.20. The van der Waals surface area contributed by atoms with Crippen LogP contribution in [-0.2, 0) is 4.79 Å². The van der Waals surface area contributed by atoms with Crippen LogP contribution in [-0.4, -0.2) is 33.8 Å². The molecule has 0 aromatic carbocycles. The number of hydrogen-bond acceptors (Lipinski definition) is 6. The van der Waals surface area contributed by atoms with E-state index in [9.17, 15) is 4.79 Å². The highest BCUT2D eigenvalue weighted by molar-refractivity contribution is 7.09. The largest absolute Gasteiger partial charge is 0.316 e. The van der Waals surface area contributed by atoms with Crippen molar-refractivity contribution in [1.29, 1.82) is 0 Å². The molecule has 0 aliphatic carbocycles. The molecule has 0 radical (unpaired) electrons.